The molecule has 2 heteroatoms. The lowest BCUT2D eigenvalue weighted by Gasteiger charge is -2.18. The molecule has 1 aliphatic heterocycles. The number of ether oxygens (including phenoxy) is 1. The van der Waals surface area contributed by atoms with Gasteiger partial charge < -0.3 is 4.74 Å². The SMILES string of the molecule is CCCN=C1CCOc2ccccc21. The highest BCUT2D eigenvalue weighted by Crippen LogP contribution is 2.24. The highest BCUT2D eigenvalue weighted by Gasteiger charge is 2.14. The molecule has 1 aromatic rings. The molecule has 2 nitrogen and oxygen atoms in total. The van der Waals surface area contributed by atoms with E-state index in [9.17, 15) is 0 Å². The Morgan fingerprint density at radius 3 is 3.07 bits per heavy atom. The molecule has 1 heterocycles. The highest BCUT2D eigenvalue weighted by molar-refractivity contribution is 6.03. The zero-order valence-electron chi connectivity index (χ0n) is 8.49. The molecule has 0 unspecified atom stereocenters. The fraction of sp³-hybridized carbons (Fsp3) is 0.417. The summed E-state index contributed by atoms with van der Waals surface area (Å²) in [6.45, 7) is 3.83. The van der Waals surface area contributed by atoms with Crippen molar-refractivity contribution in [2.24, 2.45) is 4.99 Å². The Kier molecular flexibility index (Phi) is 2.82. The summed E-state index contributed by atoms with van der Waals surface area (Å²) in [5, 5.41) is 0. The van der Waals surface area contributed by atoms with Crippen LogP contribution in [0.4, 0.5) is 0 Å². The van der Waals surface area contributed by atoms with Crippen LogP contribution in [0.3, 0.4) is 0 Å². The largest absolute Gasteiger partial charge is 0.492 e. The number of para-hydroxylation sites is 1. The summed E-state index contributed by atoms with van der Waals surface area (Å²) in [6, 6.07) is 8.13. The van der Waals surface area contributed by atoms with E-state index in [4.69, 9.17) is 4.74 Å². The molecular weight excluding hydrogens is 174 g/mol. The van der Waals surface area contributed by atoms with Crippen molar-refractivity contribution in [1.82, 2.24) is 0 Å². The second-order valence-electron chi connectivity index (χ2n) is 3.42. The molecule has 2 rings (SSSR count). The van der Waals surface area contributed by atoms with Crippen molar-refractivity contribution in [3.05, 3.63) is 29.8 Å². The van der Waals surface area contributed by atoms with E-state index in [1.807, 2.05) is 18.2 Å². The molecule has 0 saturated carbocycles. The highest BCUT2D eigenvalue weighted by atomic mass is 16.5. The van der Waals surface area contributed by atoms with Gasteiger partial charge in [-0.1, -0.05) is 19.1 Å². The first-order valence-electron chi connectivity index (χ1n) is 5.17. The van der Waals surface area contributed by atoms with Crippen LogP contribution in [-0.4, -0.2) is 18.9 Å². The summed E-state index contributed by atoms with van der Waals surface area (Å²) in [6.07, 6.45) is 2.05. The Balaban J connectivity index is 2.31. The number of benzene rings is 1. The van der Waals surface area contributed by atoms with Gasteiger partial charge in [0, 0.05) is 24.2 Å². The minimum absolute atomic E-state index is 0.763. The van der Waals surface area contributed by atoms with Gasteiger partial charge >= 0.3 is 0 Å². The maximum Gasteiger partial charge on any atom is 0.128 e. The first-order valence-corrected chi connectivity index (χ1v) is 5.17. The third-order valence-electron chi connectivity index (χ3n) is 2.32. The van der Waals surface area contributed by atoms with E-state index in [-0.39, 0.29) is 0 Å². The van der Waals surface area contributed by atoms with E-state index in [0.717, 1.165) is 31.7 Å². The van der Waals surface area contributed by atoms with Crippen molar-refractivity contribution in [2.45, 2.75) is 19.8 Å². The van der Waals surface area contributed by atoms with Gasteiger partial charge in [0.2, 0.25) is 0 Å². The average molecular weight is 189 g/mol. The van der Waals surface area contributed by atoms with Gasteiger partial charge in [-0.15, -0.1) is 0 Å². The first-order chi connectivity index (χ1) is 6.92. The summed E-state index contributed by atoms with van der Waals surface area (Å²) >= 11 is 0. The Morgan fingerprint density at radius 2 is 2.21 bits per heavy atom. The van der Waals surface area contributed by atoms with Gasteiger partial charge in [-0.3, -0.25) is 4.99 Å². The van der Waals surface area contributed by atoms with Crippen LogP contribution in [0, 0.1) is 0 Å². The summed E-state index contributed by atoms with van der Waals surface area (Å²) < 4.78 is 5.55. The summed E-state index contributed by atoms with van der Waals surface area (Å²) in [7, 11) is 0. The average Bonchev–Trinajstić information content (AvgIpc) is 2.26. The summed E-state index contributed by atoms with van der Waals surface area (Å²) in [5.74, 6) is 0.980. The number of fused-ring (bicyclic) bond motifs is 1. The van der Waals surface area contributed by atoms with Gasteiger partial charge in [0.05, 0.1) is 6.61 Å². The van der Waals surface area contributed by atoms with Crippen LogP contribution in [0.5, 0.6) is 5.75 Å². The van der Waals surface area contributed by atoms with Crippen LogP contribution in [0.1, 0.15) is 25.3 Å². The van der Waals surface area contributed by atoms with Crippen molar-refractivity contribution in [3.8, 4) is 5.75 Å². The van der Waals surface area contributed by atoms with Crippen LogP contribution >= 0.6 is 0 Å². The van der Waals surface area contributed by atoms with Crippen LogP contribution in [0.15, 0.2) is 29.3 Å². The molecule has 1 aromatic carbocycles. The van der Waals surface area contributed by atoms with Crippen molar-refractivity contribution in [2.75, 3.05) is 13.2 Å². The molecule has 0 aromatic heterocycles. The van der Waals surface area contributed by atoms with Gasteiger partial charge in [0.1, 0.15) is 5.75 Å². The molecule has 0 amide bonds. The molecule has 0 bridgehead atoms. The smallest absolute Gasteiger partial charge is 0.128 e. The zero-order valence-corrected chi connectivity index (χ0v) is 8.49. The van der Waals surface area contributed by atoms with Crippen LogP contribution in [-0.2, 0) is 0 Å². The summed E-state index contributed by atoms with van der Waals surface area (Å²) in [4.78, 5) is 4.58. The van der Waals surface area contributed by atoms with E-state index in [1.54, 1.807) is 0 Å². The van der Waals surface area contributed by atoms with Gasteiger partial charge in [-0.25, -0.2) is 0 Å². The quantitative estimate of drug-likeness (QED) is 0.701. The molecule has 0 atom stereocenters. The topological polar surface area (TPSA) is 21.6 Å². The molecule has 0 saturated heterocycles. The molecule has 0 N–H and O–H groups in total. The third-order valence-corrected chi connectivity index (χ3v) is 2.32. The van der Waals surface area contributed by atoms with Crippen molar-refractivity contribution in [3.63, 3.8) is 0 Å². The maximum absolute atomic E-state index is 5.55. The summed E-state index contributed by atoms with van der Waals surface area (Å²) in [5.41, 5.74) is 2.38. The number of hydrogen-bond donors (Lipinski definition) is 0. The molecule has 1 aliphatic rings. The minimum Gasteiger partial charge on any atom is -0.492 e. The number of rotatable bonds is 2. The molecule has 0 fully saturated rings. The molecule has 0 aliphatic carbocycles. The lowest BCUT2D eigenvalue weighted by atomic mass is 10.0. The van der Waals surface area contributed by atoms with Crippen molar-refractivity contribution < 1.29 is 4.74 Å². The van der Waals surface area contributed by atoms with E-state index >= 15 is 0 Å². The van der Waals surface area contributed by atoms with Crippen molar-refractivity contribution >= 4 is 5.71 Å². The van der Waals surface area contributed by atoms with Crippen LogP contribution in [0.2, 0.25) is 0 Å². The molecule has 0 spiro atoms. The number of aliphatic imine (C=N–C) groups is 1. The van der Waals surface area contributed by atoms with E-state index in [2.05, 4.69) is 18.0 Å². The Labute approximate surface area is 84.6 Å². The van der Waals surface area contributed by atoms with E-state index in [0.29, 0.717) is 0 Å². The molecule has 0 radical (unpaired) electrons. The van der Waals surface area contributed by atoms with Crippen molar-refractivity contribution in [1.29, 1.82) is 0 Å². The molecule has 74 valence electrons. The van der Waals surface area contributed by atoms with Crippen LogP contribution in [0.25, 0.3) is 0 Å². The monoisotopic (exact) mass is 189 g/mol. The Hall–Kier alpha value is -1.31. The third kappa shape index (κ3) is 1.79. The number of nitrogens with zero attached hydrogens (tertiary/aromatic N) is 1. The van der Waals surface area contributed by atoms with E-state index < -0.39 is 0 Å². The second-order valence-corrected chi connectivity index (χ2v) is 3.42. The van der Waals surface area contributed by atoms with Crippen LogP contribution < -0.4 is 4.74 Å². The molecule has 14 heavy (non-hydrogen) atoms. The fourth-order valence-corrected chi connectivity index (χ4v) is 1.63. The maximum atomic E-state index is 5.55. The number of hydrogen-bond acceptors (Lipinski definition) is 2. The van der Waals surface area contributed by atoms with Gasteiger partial charge in [0.15, 0.2) is 0 Å². The van der Waals surface area contributed by atoms with Gasteiger partial charge in [-0.2, -0.15) is 0 Å². The second kappa shape index (κ2) is 4.27. The lowest BCUT2D eigenvalue weighted by Crippen LogP contribution is -2.16. The fourth-order valence-electron chi connectivity index (χ4n) is 1.63. The molecular formula is C12H15NO. The van der Waals surface area contributed by atoms with Gasteiger partial charge in [0.25, 0.3) is 0 Å². The predicted octanol–water partition coefficient (Wildman–Crippen LogP) is 2.67. The standard InChI is InChI=1S/C12H15NO/c1-2-8-13-11-7-9-14-12-6-4-3-5-10(11)12/h3-6H,2,7-9H2,1H3. The lowest BCUT2D eigenvalue weighted by molar-refractivity contribution is 0.320. The Morgan fingerprint density at radius 1 is 1.36 bits per heavy atom. The minimum atomic E-state index is 0.763. The first kappa shape index (κ1) is 9.25. The van der Waals surface area contributed by atoms with Gasteiger partial charge in [-0.05, 0) is 18.6 Å². The van der Waals surface area contributed by atoms with E-state index in [1.165, 1.54) is 11.3 Å². The Bertz CT molecular complexity index is 344. The normalized spacial score (nSPS) is 17.6. The zero-order chi connectivity index (χ0) is 9.80. The predicted molar refractivity (Wildman–Crippen MR) is 58.2 cm³/mol.